The van der Waals surface area contributed by atoms with Gasteiger partial charge >= 0.3 is 0 Å². The number of fused-ring (bicyclic) bond motifs is 1. The Morgan fingerprint density at radius 3 is 2.68 bits per heavy atom. The van der Waals surface area contributed by atoms with Gasteiger partial charge in [0.2, 0.25) is 0 Å². The Labute approximate surface area is 142 Å². The fourth-order valence-electron chi connectivity index (χ4n) is 2.74. The van der Waals surface area contributed by atoms with Crippen molar-refractivity contribution in [3.8, 4) is 11.3 Å². The summed E-state index contributed by atoms with van der Waals surface area (Å²) >= 11 is 0. The molecule has 3 aromatic rings. The number of carbonyl (C=O) groups excluding carboxylic acids is 1. The van der Waals surface area contributed by atoms with Gasteiger partial charge in [-0.05, 0) is 37.6 Å². The van der Waals surface area contributed by atoms with Crippen LogP contribution in [0.3, 0.4) is 0 Å². The molecule has 0 atom stereocenters. The largest absolute Gasteiger partial charge is 0.511 e. The van der Waals surface area contributed by atoms with Gasteiger partial charge in [0.15, 0.2) is 11.1 Å². The number of aromatic nitrogens is 3. The molecule has 1 N–H and O–H groups in total. The Kier molecular flexibility index (Phi) is 4.31. The van der Waals surface area contributed by atoms with Crippen molar-refractivity contribution in [2.24, 2.45) is 0 Å². The molecule has 3 rings (SSSR count). The van der Waals surface area contributed by atoms with Crippen molar-refractivity contribution < 1.29 is 14.3 Å². The number of nitrogens with zero attached hydrogens (tertiary/aromatic N) is 3. The molecule has 0 aliphatic heterocycles. The molecular formula is C18H16FN3O3. The first kappa shape index (κ1) is 16.8. The number of rotatable bonds is 4. The molecule has 0 aliphatic rings. The SMILES string of the molecule is CC(=O)CCC(O)=c1c(=O)cc(-c2cc(C)cc(F)c2)n2ncnc12. The van der Waals surface area contributed by atoms with Gasteiger partial charge in [0.25, 0.3) is 0 Å². The van der Waals surface area contributed by atoms with Crippen LogP contribution in [0.25, 0.3) is 22.7 Å². The van der Waals surface area contributed by atoms with Crippen molar-refractivity contribution in [3.05, 3.63) is 57.4 Å². The van der Waals surface area contributed by atoms with Crippen molar-refractivity contribution in [2.75, 3.05) is 0 Å². The van der Waals surface area contributed by atoms with Crippen LogP contribution in [0.15, 0.2) is 35.4 Å². The Hall–Kier alpha value is -3.09. The maximum absolute atomic E-state index is 13.7. The van der Waals surface area contributed by atoms with E-state index in [1.54, 1.807) is 13.0 Å². The molecule has 128 valence electrons. The first-order valence-electron chi connectivity index (χ1n) is 7.72. The lowest BCUT2D eigenvalue weighted by atomic mass is 10.1. The molecule has 0 bridgehead atoms. The van der Waals surface area contributed by atoms with E-state index in [-0.39, 0.29) is 35.2 Å². The van der Waals surface area contributed by atoms with E-state index in [1.807, 2.05) is 0 Å². The maximum atomic E-state index is 13.7. The number of aryl methyl sites for hydroxylation is 1. The van der Waals surface area contributed by atoms with Gasteiger partial charge in [-0.2, -0.15) is 5.10 Å². The number of hydrogen-bond donors (Lipinski definition) is 1. The second-order valence-corrected chi connectivity index (χ2v) is 5.93. The van der Waals surface area contributed by atoms with Gasteiger partial charge in [-0.3, -0.25) is 4.79 Å². The fourth-order valence-corrected chi connectivity index (χ4v) is 2.74. The number of aliphatic hydroxyl groups excluding tert-OH is 1. The van der Waals surface area contributed by atoms with Gasteiger partial charge in [0.1, 0.15) is 28.9 Å². The first-order valence-corrected chi connectivity index (χ1v) is 7.72. The van der Waals surface area contributed by atoms with Gasteiger partial charge in [-0.1, -0.05) is 0 Å². The van der Waals surface area contributed by atoms with E-state index >= 15 is 0 Å². The van der Waals surface area contributed by atoms with Gasteiger partial charge in [0, 0.05) is 24.5 Å². The molecule has 0 amide bonds. The van der Waals surface area contributed by atoms with Crippen molar-refractivity contribution in [1.29, 1.82) is 0 Å². The zero-order valence-corrected chi connectivity index (χ0v) is 13.8. The molecule has 0 spiro atoms. The highest BCUT2D eigenvalue weighted by atomic mass is 19.1. The third-order valence-electron chi connectivity index (χ3n) is 3.85. The predicted molar refractivity (Wildman–Crippen MR) is 90.6 cm³/mol. The van der Waals surface area contributed by atoms with E-state index in [4.69, 9.17) is 0 Å². The molecule has 0 saturated heterocycles. The van der Waals surface area contributed by atoms with Crippen molar-refractivity contribution in [2.45, 2.75) is 26.7 Å². The standard InChI is InChI=1S/C18H16FN3O3/c1-10-5-12(7-13(19)6-10)14-8-16(25)17(15(24)4-3-11(2)23)18-20-9-21-22(14)18/h5-9,24H,3-4H2,1-2H3. The zero-order valence-electron chi connectivity index (χ0n) is 13.8. The summed E-state index contributed by atoms with van der Waals surface area (Å²) in [4.78, 5) is 27.7. The quantitative estimate of drug-likeness (QED) is 0.784. The van der Waals surface area contributed by atoms with Crippen LogP contribution in [0.2, 0.25) is 0 Å². The second-order valence-electron chi connectivity index (χ2n) is 5.93. The number of ketones is 1. The maximum Gasteiger partial charge on any atom is 0.195 e. The van der Waals surface area contributed by atoms with Crippen LogP contribution < -0.4 is 10.6 Å². The molecular weight excluding hydrogens is 325 g/mol. The summed E-state index contributed by atoms with van der Waals surface area (Å²) in [5.74, 6) is -0.723. The number of benzene rings is 1. The van der Waals surface area contributed by atoms with E-state index in [9.17, 15) is 19.1 Å². The van der Waals surface area contributed by atoms with Gasteiger partial charge in [0.05, 0.1) is 5.69 Å². The smallest absolute Gasteiger partial charge is 0.195 e. The van der Waals surface area contributed by atoms with Crippen LogP contribution in [0, 0.1) is 12.7 Å². The van der Waals surface area contributed by atoms with Gasteiger partial charge < -0.3 is 9.90 Å². The normalized spacial score (nSPS) is 12.4. The topological polar surface area (TPSA) is 84.6 Å². The molecule has 7 heteroatoms. The van der Waals surface area contributed by atoms with E-state index in [1.165, 1.54) is 36.0 Å². The Balaban J connectivity index is 2.28. The summed E-state index contributed by atoms with van der Waals surface area (Å²) in [6.07, 6.45) is 1.42. The average Bonchev–Trinajstić information content (AvgIpc) is 2.99. The van der Waals surface area contributed by atoms with Crippen LogP contribution in [-0.4, -0.2) is 25.5 Å². The molecule has 2 heterocycles. The molecule has 0 aliphatic carbocycles. The van der Waals surface area contributed by atoms with E-state index in [0.29, 0.717) is 16.8 Å². The number of hydrogen-bond acceptors (Lipinski definition) is 5. The summed E-state index contributed by atoms with van der Waals surface area (Å²) < 4.78 is 15.1. The minimum absolute atomic E-state index is 0.00984. The number of pyridine rings is 1. The summed E-state index contributed by atoms with van der Waals surface area (Å²) in [5, 5.41) is 14.3. The minimum atomic E-state index is -0.460. The fraction of sp³-hybridized carbons (Fsp3) is 0.222. The van der Waals surface area contributed by atoms with Gasteiger partial charge in [-0.25, -0.2) is 13.9 Å². The summed E-state index contributed by atoms with van der Waals surface area (Å²) in [5.41, 5.74) is 1.28. The molecule has 1 aromatic carbocycles. The summed E-state index contributed by atoms with van der Waals surface area (Å²) in [6.45, 7) is 3.16. The van der Waals surface area contributed by atoms with Crippen LogP contribution in [-0.2, 0) is 4.79 Å². The second kappa shape index (κ2) is 6.43. The third-order valence-corrected chi connectivity index (χ3v) is 3.85. The third kappa shape index (κ3) is 3.26. The highest BCUT2D eigenvalue weighted by Crippen LogP contribution is 2.20. The summed E-state index contributed by atoms with van der Waals surface area (Å²) in [7, 11) is 0. The first-order chi connectivity index (χ1) is 11.9. The minimum Gasteiger partial charge on any atom is -0.511 e. The Morgan fingerprint density at radius 1 is 1.24 bits per heavy atom. The molecule has 0 fully saturated rings. The van der Waals surface area contributed by atoms with E-state index < -0.39 is 11.2 Å². The molecule has 6 nitrogen and oxygen atoms in total. The zero-order chi connectivity index (χ0) is 18.1. The highest BCUT2D eigenvalue weighted by molar-refractivity contribution is 5.76. The van der Waals surface area contributed by atoms with Gasteiger partial charge in [-0.15, -0.1) is 0 Å². The van der Waals surface area contributed by atoms with Crippen LogP contribution >= 0.6 is 0 Å². The number of aliphatic hydroxyl groups is 1. The molecule has 25 heavy (non-hydrogen) atoms. The Morgan fingerprint density at radius 2 is 2.00 bits per heavy atom. The van der Waals surface area contributed by atoms with Crippen molar-refractivity contribution >= 4 is 17.2 Å². The lowest BCUT2D eigenvalue weighted by molar-refractivity contribution is -0.116. The highest BCUT2D eigenvalue weighted by Gasteiger charge is 2.14. The monoisotopic (exact) mass is 341 g/mol. The van der Waals surface area contributed by atoms with E-state index in [0.717, 1.165) is 0 Å². The molecule has 0 radical (unpaired) electrons. The van der Waals surface area contributed by atoms with Crippen LogP contribution in [0.1, 0.15) is 25.3 Å². The average molecular weight is 341 g/mol. The van der Waals surface area contributed by atoms with Crippen molar-refractivity contribution in [3.63, 3.8) is 0 Å². The predicted octanol–water partition coefficient (Wildman–Crippen LogP) is 1.96. The van der Waals surface area contributed by atoms with Crippen LogP contribution in [0.4, 0.5) is 4.39 Å². The lowest BCUT2D eigenvalue weighted by Crippen LogP contribution is -2.30. The molecule has 0 unspecified atom stereocenters. The lowest BCUT2D eigenvalue weighted by Gasteiger charge is -2.07. The summed E-state index contributed by atoms with van der Waals surface area (Å²) in [6, 6.07) is 5.71. The Bertz CT molecular complexity index is 1070. The number of halogens is 1. The molecule has 0 saturated carbocycles. The van der Waals surface area contributed by atoms with Crippen LogP contribution in [0.5, 0.6) is 0 Å². The number of carbonyl (C=O) groups is 1. The number of Topliss-reactive ketones (excluding diaryl/α,β-unsaturated/α-hetero) is 1. The molecule has 2 aromatic heterocycles. The van der Waals surface area contributed by atoms with Crippen molar-refractivity contribution in [1.82, 2.24) is 14.6 Å². The van der Waals surface area contributed by atoms with E-state index in [2.05, 4.69) is 10.1 Å².